The van der Waals surface area contributed by atoms with E-state index >= 15 is 0 Å². The van der Waals surface area contributed by atoms with Crippen LogP contribution in [0, 0.1) is 0 Å². The first-order chi connectivity index (χ1) is 12.2. The van der Waals surface area contributed by atoms with Gasteiger partial charge in [-0.1, -0.05) is 0 Å². The number of rotatable bonds is 9. The number of guanidine groups is 1. The summed E-state index contributed by atoms with van der Waals surface area (Å²) >= 11 is 0. The van der Waals surface area contributed by atoms with Crippen molar-refractivity contribution >= 4 is 5.96 Å². The SMILES string of the molecule is CCNC(=NCC(O)c1ccco1)NCCOc1ccc(OC)cc1. The molecule has 25 heavy (non-hydrogen) atoms. The fourth-order valence-corrected chi connectivity index (χ4v) is 2.10. The molecule has 1 aromatic heterocycles. The third-order valence-corrected chi connectivity index (χ3v) is 3.36. The zero-order chi connectivity index (χ0) is 17.9. The standard InChI is InChI=1S/C18H25N3O4/c1-3-19-18(21-13-16(22)17-5-4-11-25-17)20-10-12-24-15-8-6-14(23-2)7-9-15/h4-9,11,16,22H,3,10,12-13H2,1-2H3,(H2,19,20,21). The minimum absolute atomic E-state index is 0.210. The number of aliphatic hydroxyl groups is 1. The molecule has 1 unspecified atom stereocenters. The van der Waals surface area contributed by atoms with E-state index in [4.69, 9.17) is 13.9 Å². The van der Waals surface area contributed by atoms with Crippen molar-refractivity contribution in [3.05, 3.63) is 48.4 Å². The highest BCUT2D eigenvalue weighted by Gasteiger charge is 2.09. The van der Waals surface area contributed by atoms with Gasteiger partial charge in [0.2, 0.25) is 0 Å². The Hall–Kier alpha value is -2.67. The van der Waals surface area contributed by atoms with Gasteiger partial charge in [-0.2, -0.15) is 0 Å². The van der Waals surface area contributed by atoms with E-state index in [1.807, 2.05) is 31.2 Å². The minimum atomic E-state index is -0.763. The number of nitrogens with zero attached hydrogens (tertiary/aromatic N) is 1. The summed E-state index contributed by atoms with van der Waals surface area (Å²) < 4.78 is 15.9. The molecule has 136 valence electrons. The van der Waals surface area contributed by atoms with Crippen molar-refractivity contribution in [2.75, 3.05) is 33.4 Å². The van der Waals surface area contributed by atoms with E-state index in [0.717, 1.165) is 18.0 Å². The highest BCUT2D eigenvalue weighted by atomic mass is 16.5. The Balaban J connectivity index is 1.75. The summed E-state index contributed by atoms with van der Waals surface area (Å²) in [7, 11) is 1.63. The average Bonchev–Trinajstić information content (AvgIpc) is 3.18. The Kier molecular flexibility index (Phi) is 7.65. The van der Waals surface area contributed by atoms with E-state index in [2.05, 4.69) is 15.6 Å². The summed E-state index contributed by atoms with van der Waals surface area (Å²) in [5, 5.41) is 16.3. The highest BCUT2D eigenvalue weighted by molar-refractivity contribution is 5.79. The molecule has 0 aliphatic rings. The molecular formula is C18H25N3O4. The van der Waals surface area contributed by atoms with Gasteiger partial charge in [-0.25, -0.2) is 0 Å². The molecule has 0 bridgehead atoms. The van der Waals surface area contributed by atoms with E-state index in [-0.39, 0.29) is 6.54 Å². The summed E-state index contributed by atoms with van der Waals surface area (Å²) in [6.45, 7) is 3.98. The summed E-state index contributed by atoms with van der Waals surface area (Å²) in [5.41, 5.74) is 0. The van der Waals surface area contributed by atoms with Crippen LogP contribution in [0.5, 0.6) is 11.5 Å². The van der Waals surface area contributed by atoms with Crippen molar-refractivity contribution in [1.29, 1.82) is 0 Å². The van der Waals surface area contributed by atoms with E-state index in [1.54, 1.807) is 19.2 Å². The molecule has 0 fully saturated rings. The van der Waals surface area contributed by atoms with Gasteiger partial charge in [-0.05, 0) is 43.3 Å². The molecule has 0 spiro atoms. The van der Waals surface area contributed by atoms with Crippen LogP contribution in [0.15, 0.2) is 52.1 Å². The second kappa shape index (κ2) is 10.2. The summed E-state index contributed by atoms with van der Waals surface area (Å²) in [6.07, 6.45) is 0.767. The Morgan fingerprint density at radius 3 is 2.60 bits per heavy atom. The second-order valence-corrected chi connectivity index (χ2v) is 5.20. The molecule has 0 aliphatic carbocycles. The lowest BCUT2D eigenvalue weighted by atomic mass is 10.3. The first kappa shape index (κ1) is 18.7. The third-order valence-electron chi connectivity index (χ3n) is 3.36. The molecule has 0 amide bonds. The number of aliphatic hydroxyl groups excluding tert-OH is 1. The molecular weight excluding hydrogens is 322 g/mol. The zero-order valence-electron chi connectivity index (χ0n) is 14.6. The Labute approximate surface area is 147 Å². The van der Waals surface area contributed by atoms with Crippen LogP contribution in [0.2, 0.25) is 0 Å². The van der Waals surface area contributed by atoms with Gasteiger partial charge in [0.05, 0.1) is 26.5 Å². The molecule has 7 heteroatoms. The Morgan fingerprint density at radius 2 is 1.96 bits per heavy atom. The van der Waals surface area contributed by atoms with Crippen LogP contribution < -0.4 is 20.1 Å². The largest absolute Gasteiger partial charge is 0.497 e. The van der Waals surface area contributed by atoms with E-state index < -0.39 is 6.10 Å². The fraction of sp³-hybridized carbons (Fsp3) is 0.389. The third kappa shape index (κ3) is 6.39. The van der Waals surface area contributed by atoms with Crippen molar-refractivity contribution in [3.8, 4) is 11.5 Å². The van der Waals surface area contributed by atoms with Gasteiger partial charge in [0.15, 0.2) is 5.96 Å². The maximum absolute atomic E-state index is 10.00. The van der Waals surface area contributed by atoms with Gasteiger partial charge in [-0.3, -0.25) is 4.99 Å². The van der Waals surface area contributed by atoms with Gasteiger partial charge >= 0.3 is 0 Å². The molecule has 2 rings (SSSR count). The first-order valence-corrected chi connectivity index (χ1v) is 8.23. The topological polar surface area (TPSA) is 88.3 Å². The van der Waals surface area contributed by atoms with Crippen LogP contribution in [0.25, 0.3) is 0 Å². The van der Waals surface area contributed by atoms with Crippen LogP contribution in [0.4, 0.5) is 0 Å². The van der Waals surface area contributed by atoms with Gasteiger partial charge in [-0.15, -0.1) is 0 Å². The van der Waals surface area contributed by atoms with Gasteiger partial charge in [0.25, 0.3) is 0 Å². The molecule has 2 aromatic rings. The number of hydrogen-bond acceptors (Lipinski definition) is 5. The lowest BCUT2D eigenvalue weighted by Gasteiger charge is -2.13. The molecule has 1 heterocycles. The monoisotopic (exact) mass is 347 g/mol. The number of benzene rings is 1. The van der Waals surface area contributed by atoms with Crippen molar-refractivity contribution in [3.63, 3.8) is 0 Å². The predicted molar refractivity (Wildman–Crippen MR) is 96.1 cm³/mol. The molecule has 0 aliphatic heterocycles. The molecule has 0 saturated carbocycles. The first-order valence-electron chi connectivity index (χ1n) is 8.23. The van der Waals surface area contributed by atoms with Crippen molar-refractivity contribution in [2.24, 2.45) is 4.99 Å². The van der Waals surface area contributed by atoms with E-state index in [1.165, 1.54) is 6.26 Å². The van der Waals surface area contributed by atoms with Crippen molar-refractivity contribution < 1.29 is 19.0 Å². The number of hydrogen-bond donors (Lipinski definition) is 3. The number of ether oxygens (including phenoxy) is 2. The van der Waals surface area contributed by atoms with E-state index in [0.29, 0.717) is 24.9 Å². The zero-order valence-corrected chi connectivity index (χ0v) is 14.6. The maximum Gasteiger partial charge on any atom is 0.191 e. The van der Waals surface area contributed by atoms with Crippen LogP contribution in [0.1, 0.15) is 18.8 Å². The molecule has 1 aromatic carbocycles. The van der Waals surface area contributed by atoms with Gasteiger partial charge < -0.3 is 29.6 Å². The van der Waals surface area contributed by atoms with Crippen LogP contribution in [-0.4, -0.2) is 44.4 Å². The van der Waals surface area contributed by atoms with Crippen molar-refractivity contribution in [1.82, 2.24) is 10.6 Å². The van der Waals surface area contributed by atoms with Crippen LogP contribution >= 0.6 is 0 Å². The lowest BCUT2D eigenvalue weighted by molar-refractivity contribution is 0.158. The number of furan rings is 1. The van der Waals surface area contributed by atoms with Crippen LogP contribution in [-0.2, 0) is 0 Å². The summed E-state index contributed by atoms with van der Waals surface area (Å²) in [6, 6.07) is 10.9. The van der Waals surface area contributed by atoms with E-state index in [9.17, 15) is 5.11 Å². The molecule has 0 saturated heterocycles. The molecule has 7 nitrogen and oxygen atoms in total. The Bertz CT molecular complexity index is 626. The van der Waals surface area contributed by atoms with Crippen LogP contribution in [0.3, 0.4) is 0 Å². The van der Waals surface area contributed by atoms with Gasteiger partial charge in [0.1, 0.15) is 30.0 Å². The quantitative estimate of drug-likeness (QED) is 0.365. The predicted octanol–water partition coefficient (Wildman–Crippen LogP) is 1.96. The second-order valence-electron chi connectivity index (χ2n) is 5.20. The lowest BCUT2D eigenvalue weighted by Crippen LogP contribution is -2.39. The number of methoxy groups -OCH3 is 1. The highest BCUT2D eigenvalue weighted by Crippen LogP contribution is 2.16. The average molecular weight is 347 g/mol. The number of nitrogens with one attached hydrogen (secondary N) is 2. The Morgan fingerprint density at radius 1 is 1.20 bits per heavy atom. The number of aliphatic imine (C=N–C) groups is 1. The van der Waals surface area contributed by atoms with Crippen molar-refractivity contribution in [2.45, 2.75) is 13.0 Å². The van der Waals surface area contributed by atoms with Gasteiger partial charge in [0, 0.05) is 6.54 Å². The minimum Gasteiger partial charge on any atom is -0.497 e. The fourth-order valence-electron chi connectivity index (χ4n) is 2.10. The molecule has 1 atom stereocenters. The summed E-state index contributed by atoms with van der Waals surface area (Å²) in [4.78, 5) is 4.35. The smallest absolute Gasteiger partial charge is 0.191 e. The maximum atomic E-state index is 10.00. The molecule has 3 N–H and O–H groups in total. The normalized spacial score (nSPS) is 12.5. The molecule has 0 radical (unpaired) electrons. The summed E-state index contributed by atoms with van der Waals surface area (Å²) in [5.74, 6) is 2.69.